The maximum Gasteiger partial charge on any atom is 0.309 e. The molecule has 0 aromatic heterocycles. The molecule has 3 heteroatoms. The molecule has 0 spiro atoms. The molecule has 0 N–H and O–H groups in total. The second kappa shape index (κ2) is 9.61. The van der Waals surface area contributed by atoms with Crippen molar-refractivity contribution in [2.45, 2.75) is 65.2 Å². The van der Waals surface area contributed by atoms with E-state index < -0.39 is 0 Å². The van der Waals surface area contributed by atoms with Crippen molar-refractivity contribution in [2.24, 2.45) is 11.8 Å². The van der Waals surface area contributed by atoms with Gasteiger partial charge in [-0.15, -0.1) is 0 Å². The minimum Gasteiger partial charge on any atom is -0.466 e. The van der Waals surface area contributed by atoms with Crippen LogP contribution in [0.4, 0.5) is 0 Å². The van der Waals surface area contributed by atoms with Crippen LogP contribution in [0, 0.1) is 11.8 Å². The molecule has 1 aliphatic carbocycles. The maximum atomic E-state index is 12.4. The van der Waals surface area contributed by atoms with Gasteiger partial charge in [-0.1, -0.05) is 63.3 Å². The maximum absolute atomic E-state index is 12.4. The van der Waals surface area contributed by atoms with E-state index in [-0.39, 0.29) is 23.6 Å². The topological polar surface area (TPSA) is 43.4 Å². The molecular weight excluding hydrogens is 300 g/mol. The summed E-state index contributed by atoms with van der Waals surface area (Å²) >= 11 is 0. The fourth-order valence-corrected chi connectivity index (χ4v) is 3.15. The summed E-state index contributed by atoms with van der Waals surface area (Å²) in [6.07, 6.45) is 9.49. The van der Waals surface area contributed by atoms with E-state index in [9.17, 15) is 9.59 Å². The summed E-state index contributed by atoms with van der Waals surface area (Å²) < 4.78 is 4.99. The van der Waals surface area contributed by atoms with Crippen LogP contribution in [0.3, 0.4) is 0 Å². The Morgan fingerprint density at radius 1 is 0.958 bits per heavy atom. The molecule has 2 atom stereocenters. The van der Waals surface area contributed by atoms with Gasteiger partial charge in [0.05, 0.1) is 12.5 Å². The zero-order chi connectivity index (χ0) is 17.4. The van der Waals surface area contributed by atoms with Crippen LogP contribution in [0.2, 0.25) is 0 Å². The number of Topliss-reactive ketones (excluding diaryl/α,β-unsaturated/α-hetero) is 1. The van der Waals surface area contributed by atoms with Crippen molar-refractivity contribution in [3.05, 3.63) is 35.4 Å². The highest BCUT2D eigenvalue weighted by Gasteiger charge is 2.49. The van der Waals surface area contributed by atoms with Crippen molar-refractivity contribution in [3.63, 3.8) is 0 Å². The van der Waals surface area contributed by atoms with E-state index in [4.69, 9.17) is 4.74 Å². The smallest absolute Gasteiger partial charge is 0.309 e. The zero-order valence-electron chi connectivity index (χ0n) is 15.1. The lowest BCUT2D eigenvalue weighted by molar-refractivity contribution is -0.144. The van der Waals surface area contributed by atoms with Crippen LogP contribution in [0.5, 0.6) is 0 Å². The monoisotopic (exact) mass is 330 g/mol. The van der Waals surface area contributed by atoms with Gasteiger partial charge in [-0.25, -0.2) is 0 Å². The van der Waals surface area contributed by atoms with Gasteiger partial charge in [0, 0.05) is 11.5 Å². The van der Waals surface area contributed by atoms with Crippen molar-refractivity contribution >= 4 is 11.8 Å². The number of hydrogen-bond acceptors (Lipinski definition) is 3. The Hall–Kier alpha value is -1.64. The molecule has 132 valence electrons. The minimum absolute atomic E-state index is 0.0826. The SMILES string of the molecule is CCCCCCCCc1ccc(C(=O)C2CC2C(=O)OCC)cc1. The van der Waals surface area contributed by atoms with E-state index in [1.54, 1.807) is 6.92 Å². The van der Waals surface area contributed by atoms with E-state index in [0.717, 1.165) is 12.0 Å². The number of rotatable bonds is 11. The highest BCUT2D eigenvalue weighted by atomic mass is 16.5. The third kappa shape index (κ3) is 5.47. The average molecular weight is 330 g/mol. The van der Waals surface area contributed by atoms with Gasteiger partial charge < -0.3 is 4.74 Å². The number of esters is 1. The summed E-state index contributed by atoms with van der Waals surface area (Å²) in [7, 11) is 0. The summed E-state index contributed by atoms with van der Waals surface area (Å²) in [5.41, 5.74) is 2.01. The quantitative estimate of drug-likeness (QED) is 0.327. The van der Waals surface area contributed by atoms with Gasteiger partial charge in [0.1, 0.15) is 0 Å². The van der Waals surface area contributed by atoms with E-state index >= 15 is 0 Å². The molecule has 0 amide bonds. The Bertz CT molecular complexity index is 533. The van der Waals surface area contributed by atoms with Crippen molar-refractivity contribution in [1.29, 1.82) is 0 Å². The Morgan fingerprint density at radius 2 is 1.62 bits per heavy atom. The molecule has 0 aliphatic heterocycles. The van der Waals surface area contributed by atoms with Crippen molar-refractivity contribution in [1.82, 2.24) is 0 Å². The first-order valence-corrected chi connectivity index (χ1v) is 9.47. The average Bonchev–Trinajstić information content (AvgIpc) is 3.39. The second-order valence-corrected chi connectivity index (χ2v) is 6.78. The zero-order valence-corrected chi connectivity index (χ0v) is 15.1. The predicted octanol–water partition coefficient (Wildman–Crippen LogP) is 4.97. The van der Waals surface area contributed by atoms with Gasteiger partial charge in [-0.2, -0.15) is 0 Å². The first-order valence-electron chi connectivity index (χ1n) is 9.47. The van der Waals surface area contributed by atoms with Crippen LogP contribution in [-0.4, -0.2) is 18.4 Å². The first kappa shape index (κ1) is 18.7. The van der Waals surface area contributed by atoms with E-state index in [0.29, 0.717) is 13.0 Å². The molecule has 0 saturated heterocycles. The fraction of sp³-hybridized carbons (Fsp3) is 0.619. The lowest BCUT2D eigenvalue weighted by Crippen LogP contribution is -2.11. The normalized spacial score (nSPS) is 19.1. The molecule has 0 heterocycles. The van der Waals surface area contributed by atoms with Crippen molar-refractivity contribution in [3.8, 4) is 0 Å². The number of ether oxygens (including phenoxy) is 1. The summed E-state index contributed by atoms with van der Waals surface area (Å²) in [4.78, 5) is 24.0. The minimum atomic E-state index is -0.226. The number of carbonyl (C=O) groups is 2. The lowest BCUT2D eigenvalue weighted by atomic mass is 10.0. The number of unbranched alkanes of at least 4 members (excludes halogenated alkanes) is 5. The highest BCUT2D eigenvalue weighted by molar-refractivity contribution is 6.02. The molecule has 24 heavy (non-hydrogen) atoms. The summed E-state index contributed by atoms with van der Waals surface area (Å²) in [6, 6.07) is 7.94. The number of aryl methyl sites for hydroxylation is 1. The molecule has 1 fully saturated rings. The largest absolute Gasteiger partial charge is 0.466 e. The van der Waals surface area contributed by atoms with Gasteiger partial charge in [0.25, 0.3) is 0 Å². The first-order chi connectivity index (χ1) is 11.7. The molecule has 3 nitrogen and oxygen atoms in total. The fourth-order valence-electron chi connectivity index (χ4n) is 3.15. The van der Waals surface area contributed by atoms with Crippen LogP contribution in [0.15, 0.2) is 24.3 Å². The molecule has 2 unspecified atom stereocenters. The molecule has 2 rings (SSSR count). The predicted molar refractivity (Wildman–Crippen MR) is 96.1 cm³/mol. The Balaban J connectivity index is 1.74. The van der Waals surface area contributed by atoms with Gasteiger partial charge in [-0.3, -0.25) is 9.59 Å². The van der Waals surface area contributed by atoms with Gasteiger partial charge in [0.15, 0.2) is 5.78 Å². The van der Waals surface area contributed by atoms with Crippen molar-refractivity contribution in [2.75, 3.05) is 6.61 Å². The van der Waals surface area contributed by atoms with Crippen LogP contribution in [0.1, 0.15) is 74.7 Å². The molecule has 1 aliphatic rings. The molecule has 0 radical (unpaired) electrons. The lowest BCUT2D eigenvalue weighted by Gasteiger charge is -2.05. The highest BCUT2D eigenvalue weighted by Crippen LogP contribution is 2.41. The standard InChI is InChI=1S/C21H30O3/c1-3-5-6-7-8-9-10-16-11-13-17(14-12-16)20(22)18-15-19(18)21(23)24-4-2/h11-14,18-19H,3-10,15H2,1-2H3. The van der Waals surface area contributed by atoms with E-state index in [1.807, 2.05) is 12.1 Å². The molecule has 1 aromatic carbocycles. The van der Waals surface area contributed by atoms with E-state index in [2.05, 4.69) is 19.1 Å². The summed E-state index contributed by atoms with van der Waals surface area (Å²) in [5, 5.41) is 0. The Morgan fingerprint density at radius 3 is 2.29 bits per heavy atom. The third-order valence-corrected chi connectivity index (χ3v) is 4.77. The summed E-state index contributed by atoms with van der Waals surface area (Å²) in [5.74, 6) is -0.538. The van der Waals surface area contributed by atoms with Crippen LogP contribution < -0.4 is 0 Å². The number of carbonyl (C=O) groups excluding carboxylic acids is 2. The van der Waals surface area contributed by atoms with Crippen LogP contribution in [0.25, 0.3) is 0 Å². The molecule has 1 aromatic rings. The van der Waals surface area contributed by atoms with E-state index in [1.165, 1.54) is 44.1 Å². The third-order valence-electron chi connectivity index (χ3n) is 4.77. The van der Waals surface area contributed by atoms with Gasteiger partial charge in [-0.05, 0) is 31.7 Å². The summed E-state index contributed by atoms with van der Waals surface area (Å²) in [6.45, 7) is 4.41. The number of hydrogen-bond donors (Lipinski definition) is 0. The second-order valence-electron chi connectivity index (χ2n) is 6.78. The van der Waals surface area contributed by atoms with Crippen LogP contribution >= 0.6 is 0 Å². The Labute approximate surface area is 145 Å². The molecule has 1 saturated carbocycles. The van der Waals surface area contributed by atoms with Crippen LogP contribution in [-0.2, 0) is 16.0 Å². The number of ketones is 1. The Kier molecular flexibility index (Phi) is 7.48. The van der Waals surface area contributed by atoms with Crippen molar-refractivity contribution < 1.29 is 14.3 Å². The van der Waals surface area contributed by atoms with Gasteiger partial charge in [0.2, 0.25) is 0 Å². The molecule has 0 bridgehead atoms. The number of benzene rings is 1. The molecular formula is C21H30O3. The van der Waals surface area contributed by atoms with Gasteiger partial charge >= 0.3 is 5.97 Å².